The summed E-state index contributed by atoms with van der Waals surface area (Å²) in [4.78, 5) is 12.4. The summed E-state index contributed by atoms with van der Waals surface area (Å²) in [5.41, 5.74) is 1.18. The minimum atomic E-state index is -0.507. The molecule has 2 rings (SSSR count). The predicted molar refractivity (Wildman–Crippen MR) is 94.9 cm³/mol. The third-order valence-corrected chi connectivity index (χ3v) is 4.39. The van der Waals surface area contributed by atoms with Crippen LogP contribution in [0.15, 0.2) is 12.1 Å². The van der Waals surface area contributed by atoms with Crippen molar-refractivity contribution < 1.29 is 13.9 Å². The van der Waals surface area contributed by atoms with Gasteiger partial charge in [0.25, 0.3) is 0 Å². The summed E-state index contributed by atoms with van der Waals surface area (Å²) in [6.45, 7) is 7.63. The summed E-state index contributed by atoms with van der Waals surface area (Å²) in [6.07, 6.45) is 3.78. The molecule has 1 aromatic carbocycles. The Bertz CT molecular complexity index is 598. The van der Waals surface area contributed by atoms with Crippen molar-refractivity contribution in [1.29, 1.82) is 0 Å². The molecule has 0 spiro atoms. The van der Waals surface area contributed by atoms with E-state index >= 15 is 0 Å². The van der Waals surface area contributed by atoms with Crippen molar-refractivity contribution in [3.8, 4) is 0 Å². The van der Waals surface area contributed by atoms with E-state index in [1.165, 1.54) is 6.07 Å². The van der Waals surface area contributed by atoms with E-state index in [1.807, 2.05) is 33.8 Å². The number of hydrogen-bond donors (Lipinski definition) is 1. The number of ether oxygens (including phenoxy) is 1. The molecule has 2 atom stereocenters. The molecule has 0 bridgehead atoms. The molecule has 5 heteroatoms. The molecule has 1 aliphatic rings. The van der Waals surface area contributed by atoms with Gasteiger partial charge in [-0.3, -0.25) is 4.79 Å². The van der Waals surface area contributed by atoms with Gasteiger partial charge >= 0.3 is 5.97 Å². The lowest BCUT2D eigenvalue weighted by molar-refractivity contribution is -0.158. The number of hydrogen-bond acceptors (Lipinski definition) is 3. The van der Waals surface area contributed by atoms with E-state index in [2.05, 4.69) is 5.32 Å². The highest BCUT2D eigenvalue weighted by Crippen LogP contribution is 2.28. The van der Waals surface area contributed by atoms with Crippen LogP contribution in [0.1, 0.15) is 58.1 Å². The third kappa shape index (κ3) is 5.18. The maximum atomic E-state index is 14.2. The monoisotopic (exact) mass is 355 g/mol. The van der Waals surface area contributed by atoms with Crippen LogP contribution in [0.5, 0.6) is 0 Å². The minimum Gasteiger partial charge on any atom is -0.459 e. The molecule has 0 saturated heterocycles. The number of halogens is 2. The number of carbonyl (C=O) groups excluding carboxylic acids is 1. The quantitative estimate of drug-likeness (QED) is 0.794. The fourth-order valence-electron chi connectivity index (χ4n) is 3.14. The van der Waals surface area contributed by atoms with Gasteiger partial charge in [-0.1, -0.05) is 24.9 Å². The van der Waals surface area contributed by atoms with Crippen LogP contribution in [0.3, 0.4) is 0 Å². The molecule has 1 aromatic rings. The van der Waals surface area contributed by atoms with Crippen molar-refractivity contribution >= 4 is 17.6 Å². The standard InChI is InChI=1S/C19H27ClFNO2/c1-5-6-17(18(23)24-19(2,3)4)22-14-8-7-12-9-13(20)10-16(21)15(12)11-14/h9-10,14,17,22H,5-8,11H2,1-4H3. The average Bonchev–Trinajstić information content (AvgIpc) is 2.45. The van der Waals surface area contributed by atoms with E-state index in [1.54, 1.807) is 0 Å². The van der Waals surface area contributed by atoms with Gasteiger partial charge in [0.15, 0.2) is 0 Å². The molecule has 0 amide bonds. The second-order valence-electron chi connectivity index (χ2n) is 7.51. The lowest BCUT2D eigenvalue weighted by Crippen LogP contribution is -2.48. The fraction of sp³-hybridized carbons (Fsp3) is 0.632. The van der Waals surface area contributed by atoms with Crippen LogP contribution in [0.25, 0.3) is 0 Å². The summed E-state index contributed by atoms with van der Waals surface area (Å²) >= 11 is 5.93. The van der Waals surface area contributed by atoms with E-state index in [-0.39, 0.29) is 23.9 Å². The van der Waals surface area contributed by atoms with E-state index in [9.17, 15) is 9.18 Å². The molecule has 0 aliphatic heterocycles. The van der Waals surface area contributed by atoms with Crippen LogP contribution in [0.4, 0.5) is 4.39 Å². The van der Waals surface area contributed by atoms with Gasteiger partial charge in [0, 0.05) is 11.1 Å². The second-order valence-corrected chi connectivity index (χ2v) is 7.94. The van der Waals surface area contributed by atoms with Crippen LogP contribution in [0.2, 0.25) is 5.02 Å². The zero-order valence-corrected chi connectivity index (χ0v) is 15.7. The number of carbonyl (C=O) groups is 1. The molecule has 0 aromatic heterocycles. The summed E-state index contributed by atoms with van der Waals surface area (Å²) in [5, 5.41) is 3.83. The van der Waals surface area contributed by atoms with Gasteiger partial charge in [-0.25, -0.2) is 4.39 Å². The molecule has 0 fully saturated rings. The molecule has 0 heterocycles. The Kier molecular flexibility index (Phi) is 6.27. The number of nitrogens with one attached hydrogen (secondary N) is 1. The molecule has 2 unspecified atom stereocenters. The zero-order valence-electron chi connectivity index (χ0n) is 14.9. The highest BCUT2D eigenvalue weighted by molar-refractivity contribution is 6.30. The Balaban J connectivity index is 2.07. The van der Waals surface area contributed by atoms with Gasteiger partial charge in [0.2, 0.25) is 0 Å². The molecule has 0 saturated carbocycles. The lowest BCUT2D eigenvalue weighted by Gasteiger charge is -2.31. The first-order chi connectivity index (χ1) is 11.2. The van der Waals surface area contributed by atoms with Crippen LogP contribution >= 0.6 is 11.6 Å². The Labute approximate surface area is 148 Å². The Morgan fingerprint density at radius 3 is 2.79 bits per heavy atom. The van der Waals surface area contributed by atoms with Crippen LogP contribution in [-0.4, -0.2) is 23.7 Å². The molecule has 24 heavy (non-hydrogen) atoms. The largest absolute Gasteiger partial charge is 0.459 e. The average molecular weight is 356 g/mol. The zero-order chi connectivity index (χ0) is 17.9. The van der Waals surface area contributed by atoms with Gasteiger partial charge in [-0.15, -0.1) is 0 Å². The smallest absolute Gasteiger partial charge is 0.323 e. The summed E-state index contributed by atoms with van der Waals surface area (Å²) < 4.78 is 19.7. The van der Waals surface area contributed by atoms with Crippen molar-refractivity contribution in [2.45, 2.75) is 77.5 Å². The van der Waals surface area contributed by atoms with E-state index < -0.39 is 5.60 Å². The SMILES string of the molecule is CCCC(NC1CCc2cc(Cl)cc(F)c2C1)C(=O)OC(C)(C)C. The van der Waals surface area contributed by atoms with E-state index in [4.69, 9.17) is 16.3 Å². The molecule has 1 aliphatic carbocycles. The van der Waals surface area contributed by atoms with Crippen molar-refractivity contribution in [3.63, 3.8) is 0 Å². The first-order valence-electron chi connectivity index (χ1n) is 8.65. The molecule has 0 radical (unpaired) electrons. The van der Waals surface area contributed by atoms with Crippen molar-refractivity contribution in [2.75, 3.05) is 0 Å². The van der Waals surface area contributed by atoms with Crippen molar-refractivity contribution in [3.05, 3.63) is 34.1 Å². The minimum absolute atomic E-state index is 0.0669. The number of esters is 1. The molecule has 3 nitrogen and oxygen atoms in total. The number of rotatable bonds is 5. The summed E-state index contributed by atoms with van der Waals surface area (Å²) in [5.74, 6) is -0.486. The second kappa shape index (κ2) is 7.83. The molecule has 134 valence electrons. The summed E-state index contributed by atoms with van der Waals surface area (Å²) in [7, 11) is 0. The maximum Gasteiger partial charge on any atom is 0.323 e. The Morgan fingerprint density at radius 1 is 1.46 bits per heavy atom. The van der Waals surface area contributed by atoms with Crippen molar-refractivity contribution in [1.82, 2.24) is 5.32 Å². The molecule has 1 N–H and O–H groups in total. The maximum absolute atomic E-state index is 14.2. The Hall–Kier alpha value is -1.13. The van der Waals surface area contributed by atoms with E-state index in [0.29, 0.717) is 23.4 Å². The third-order valence-electron chi connectivity index (χ3n) is 4.17. The lowest BCUT2D eigenvalue weighted by atomic mass is 9.87. The van der Waals surface area contributed by atoms with Crippen LogP contribution in [0, 0.1) is 5.82 Å². The highest BCUT2D eigenvalue weighted by atomic mass is 35.5. The van der Waals surface area contributed by atoms with Gasteiger partial charge in [-0.2, -0.15) is 0 Å². The number of benzene rings is 1. The van der Waals surface area contributed by atoms with E-state index in [0.717, 1.165) is 24.8 Å². The number of aryl methyl sites for hydroxylation is 1. The Morgan fingerprint density at radius 2 is 2.17 bits per heavy atom. The van der Waals surface area contributed by atoms with Crippen molar-refractivity contribution in [2.24, 2.45) is 0 Å². The molecular formula is C19H27ClFNO2. The predicted octanol–water partition coefficient (Wildman–Crippen LogP) is 4.44. The normalized spacial score (nSPS) is 18.8. The summed E-state index contributed by atoms with van der Waals surface area (Å²) in [6, 6.07) is 2.92. The van der Waals surface area contributed by atoms with Gasteiger partial charge in [0.05, 0.1) is 0 Å². The first-order valence-corrected chi connectivity index (χ1v) is 9.03. The fourth-order valence-corrected chi connectivity index (χ4v) is 3.37. The topological polar surface area (TPSA) is 38.3 Å². The highest BCUT2D eigenvalue weighted by Gasteiger charge is 2.29. The van der Waals surface area contributed by atoms with Gasteiger partial charge in [0.1, 0.15) is 17.5 Å². The first kappa shape index (κ1) is 19.2. The number of fused-ring (bicyclic) bond motifs is 1. The van der Waals surface area contributed by atoms with Gasteiger partial charge in [-0.05, 0) is 69.7 Å². The molecular weight excluding hydrogens is 329 g/mol. The van der Waals surface area contributed by atoms with Crippen LogP contribution in [-0.2, 0) is 22.4 Å². The van der Waals surface area contributed by atoms with Gasteiger partial charge < -0.3 is 10.1 Å². The van der Waals surface area contributed by atoms with Crippen LogP contribution < -0.4 is 5.32 Å².